The first-order chi connectivity index (χ1) is 11.6. The van der Waals surface area contributed by atoms with Gasteiger partial charge in [-0.1, -0.05) is 6.92 Å². The summed E-state index contributed by atoms with van der Waals surface area (Å²) in [6.07, 6.45) is -3.54. The Morgan fingerprint density at radius 1 is 1.36 bits per heavy atom. The summed E-state index contributed by atoms with van der Waals surface area (Å²) in [6, 6.07) is 2.90. The molecule has 1 atom stereocenters. The van der Waals surface area contributed by atoms with E-state index in [1.165, 1.54) is 6.07 Å². The molecule has 0 aromatic heterocycles. The molecule has 0 spiro atoms. The lowest BCUT2D eigenvalue weighted by Crippen LogP contribution is -2.18. The van der Waals surface area contributed by atoms with E-state index in [9.17, 15) is 26.4 Å². The highest BCUT2D eigenvalue weighted by Crippen LogP contribution is 2.35. The molecule has 1 amide bonds. The number of halogens is 3. The zero-order valence-corrected chi connectivity index (χ0v) is 14.5. The monoisotopic (exact) mass is 379 g/mol. The summed E-state index contributed by atoms with van der Waals surface area (Å²) >= 11 is 0. The van der Waals surface area contributed by atoms with E-state index in [4.69, 9.17) is 4.74 Å². The van der Waals surface area contributed by atoms with Gasteiger partial charge in [-0.15, -0.1) is 0 Å². The zero-order valence-electron chi connectivity index (χ0n) is 13.7. The van der Waals surface area contributed by atoms with Crippen molar-refractivity contribution in [3.05, 3.63) is 23.8 Å². The molecule has 1 aromatic carbocycles. The van der Waals surface area contributed by atoms with E-state index in [1.807, 2.05) is 6.92 Å². The lowest BCUT2D eigenvalue weighted by molar-refractivity contribution is -0.137. The summed E-state index contributed by atoms with van der Waals surface area (Å²) in [5, 5.41) is 2.43. The minimum absolute atomic E-state index is 0.0410. The Kier molecular flexibility index (Phi) is 5.97. The summed E-state index contributed by atoms with van der Waals surface area (Å²) in [6.45, 7) is 2.15. The molecule has 1 aliphatic rings. The van der Waals surface area contributed by atoms with Crippen LogP contribution in [-0.4, -0.2) is 32.4 Å². The number of ether oxygens (including phenoxy) is 1. The van der Waals surface area contributed by atoms with Gasteiger partial charge in [0, 0.05) is 6.42 Å². The summed E-state index contributed by atoms with van der Waals surface area (Å²) in [5.74, 6) is -0.706. The molecule has 9 heteroatoms. The average Bonchev–Trinajstić information content (AvgIpc) is 2.83. The molecule has 1 heterocycles. The van der Waals surface area contributed by atoms with Crippen LogP contribution >= 0.6 is 0 Å². The molecule has 0 saturated carbocycles. The van der Waals surface area contributed by atoms with Crippen molar-refractivity contribution in [3.8, 4) is 5.75 Å². The quantitative estimate of drug-likeness (QED) is 0.824. The molecule has 1 N–H and O–H groups in total. The van der Waals surface area contributed by atoms with Crippen molar-refractivity contribution in [2.75, 3.05) is 23.4 Å². The van der Waals surface area contributed by atoms with E-state index < -0.39 is 27.5 Å². The average molecular weight is 379 g/mol. The van der Waals surface area contributed by atoms with E-state index >= 15 is 0 Å². The van der Waals surface area contributed by atoms with E-state index in [2.05, 4.69) is 5.32 Å². The zero-order chi connectivity index (χ0) is 18.7. The molecule has 0 aliphatic carbocycles. The van der Waals surface area contributed by atoms with Crippen LogP contribution < -0.4 is 10.1 Å². The minimum atomic E-state index is -4.54. The molecule has 1 fully saturated rings. The molecule has 1 saturated heterocycles. The van der Waals surface area contributed by atoms with Crippen LogP contribution in [0, 0.1) is 5.92 Å². The number of sulfone groups is 1. The number of benzene rings is 1. The van der Waals surface area contributed by atoms with Gasteiger partial charge in [-0.2, -0.15) is 13.2 Å². The molecular weight excluding hydrogens is 359 g/mol. The van der Waals surface area contributed by atoms with Gasteiger partial charge in [-0.25, -0.2) is 8.42 Å². The summed E-state index contributed by atoms with van der Waals surface area (Å²) in [7, 11) is -3.11. The molecule has 2 rings (SSSR count). The second kappa shape index (κ2) is 7.63. The van der Waals surface area contributed by atoms with Crippen LogP contribution in [0.2, 0.25) is 0 Å². The largest absolute Gasteiger partial charge is 0.491 e. The van der Waals surface area contributed by atoms with Crippen LogP contribution in [0.25, 0.3) is 0 Å². The van der Waals surface area contributed by atoms with Crippen molar-refractivity contribution in [1.29, 1.82) is 0 Å². The van der Waals surface area contributed by atoms with E-state index in [0.717, 1.165) is 12.1 Å². The maximum atomic E-state index is 12.9. The predicted octanol–water partition coefficient (Wildman–Crippen LogP) is 3.26. The Balaban J connectivity index is 2.13. The molecule has 0 bridgehead atoms. The van der Waals surface area contributed by atoms with Crippen molar-refractivity contribution >= 4 is 21.4 Å². The number of alkyl halides is 3. The van der Waals surface area contributed by atoms with E-state index in [1.54, 1.807) is 0 Å². The molecule has 1 aliphatic heterocycles. The second-order valence-electron chi connectivity index (χ2n) is 6.08. The third kappa shape index (κ3) is 5.62. The maximum Gasteiger partial charge on any atom is 0.416 e. The van der Waals surface area contributed by atoms with Gasteiger partial charge in [0.2, 0.25) is 5.91 Å². The second-order valence-corrected chi connectivity index (χ2v) is 8.31. The van der Waals surface area contributed by atoms with Gasteiger partial charge in [-0.05, 0) is 37.0 Å². The van der Waals surface area contributed by atoms with E-state index in [-0.39, 0.29) is 35.3 Å². The third-order valence-electron chi connectivity index (χ3n) is 3.84. The Labute approximate surface area is 144 Å². The number of carbonyl (C=O) groups excluding carboxylic acids is 1. The van der Waals surface area contributed by atoms with E-state index in [0.29, 0.717) is 19.4 Å². The lowest BCUT2D eigenvalue weighted by Gasteiger charge is -2.16. The van der Waals surface area contributed by atoms with Gasteiger partial charge in [-0.3, -0.25) is 4.79 Å². The number of carbonyl (C=O) groups is 1. The van der Waals surface area contributed by atoms with Gasteiger partial charge in [0.25, 0.3) is 0 Å². The topological polar surface area (TPSA) is 72.5 Å². The van der Waals surface area contributed by atoms with Crippen molar-refractivity contribution < 1.29 is 31.1 Å². The third-order valence-corrected chi connectivity index (χ3v) is 5.68. The van der Waals surface area contributed by atoms with Gasteiger partial charge in [0.1, 0.15) is 5.75 Å². The number of nitrogens with one attached hydrogen (secondary N) is 1. The number of hydrogen-bond acceptors (Lipinski definition) is 4. The SMILES string of the molecule is CCCOc1ccc(C(F)(F)F)cc1NC(=O)CC1CCS(=O)(=O)C1. The molecule has 1 aromatic rings. The number of hydrogen-bond donors (Lipinski definition) is 1. The standard InChI is InChI=1S/C16H20F3NO4S/c1-2-6-24-14-4-3-12(16(17,18)19)9-13(14)20-15(21)8-11-5-7-25(22,23)10-11/h3-4,9,11H,2,5-8,10H2,1H3,(H,20,21). The fourth-order valence-corrected chi connectivity index (χ4v) is 4.50. The van der Waals surface area contributed by atoms with Crippen LogP contribution in [0.5, 0.6) is 5.75 Å². The van der Waals surface area contributed by atoms with Gasteiger partial charge < -0.3 is 10.1 Å². The Morgan fingerprint density at radius 2 is 2.08 bits per heavy atom. The summed E-state index contributed by atoms with van der Waals surface area (Å²) in [5.41, 5.74) is -0.954. The Bertz CT molecular complexity index is 731. The molecule has 0 radical (unpaired) electrons. The van der Waals surface area contributed by atoms with Crippen molar-refractivity contribution in [2.24, 2.45) is 5.92 Å². The van der Waals surface area contributed by atoms with Crippen LogP contribution in [0.15, 0.2) is 18.2 Å². The van der Waals surface area contributed by atoms with Crippen LogP contribution in [-0.2, 0) is 20.8 Å². The fraction of sp³-hybridized carbons (Fsp3) is 0.562. The van der Waals surface area contributed by atoms with Gasteiger partial charge in [0.05, 0.1) is 29.4 Å². The first kappa shape index (κ1) is 19.6. The highest BCUT2D eigenvalue weighted by molar-refractivity contribution is 7.91. The minimum Gasteiger partial charge on any atom is -0.491 e. The lowest BCUT2D eigenvalue weighted by atomic mass is 10.0. The molecular formula is C16H20F3NO4S. The van der Waals surface area contributed by atoms with Gasteiger partial charge >= 0.3 is 6.18 Å². The molecule has 5 nitrogen and oxygen atoms in total. The molecule has 140 valence electrons. The predicted molar refractivity (Wildman–Crippen MR) is 87.2 cm³/mol. The highest BCUT2D eigenvalue weighted by atomic mass is 32.2. The Hall–Kier alpha value is -1.77. The number of rotatable bonds is 6. The first-order valence-corrected chi connectivity index (χ1v) is 9.77. The van der Waals surface area contributed by atoms with Crippen molar-refractivity contribution in [3.63, 3.8) is 0 Å². The Morgan fingerprint density at radius 3 is 2.64 bits per heavy atom. The number of amides is 1. The van der Waals surface area contributed by atoms with Crippen molar-refractivity contribution in [1.82, 2.24) is 0 Å². The van der Waals surface area contributed by atoms with Crippen LogP contribution in [0.3, 0.4) is 0 Å². The summed E-state index contributed by atoms with van der Waals surface area (Å²) in [4.78, 5) is 12.1. The summed E-state index contributed by atoms with van der Waals surface area (Å²) < 4.78 is 66.9. The van der Waals surface area contributed by atoms with Crippen LogP contribution in [0.1, 0.15) is 31.7 Å². The highest BCUT2D eigenvalue weighted by Gasteiger charge is 2.32. The van der Waals surface area contributed by atoms with Gasteiger partial charge in [0.15, 0.2) is 9.84 Å². The number of anilines is 1. The molecule has 25 heavy (non-hydrogen) atoms. The normalized spacial score (nSPS) is 19.6. The van der Waals surface area contributed by atoms with Crippen LogP contribution in [0.4, 0.5) is 18.9 Å². The smallest absolute Gasteiger partial charge is 0.416 e. The first-order valence-electron chi connectivity index (χ1n) is 7.95. The maximum absolute atomic E-state index is 12.9. The fourth-order valence-electron chi connectivity index (χ4n) is 2.64. The van der Waals surface area contributed by atoms with Crippen molar-refractivity contribution in [2.45, 2.75) is 32.4 Å². The molecule has 1 unspecified atom stereocenters.